The summed E-state index contributed by atoms with van der Waals surface area (Å²) in [7, 11) is 1.68. The van der Waals surface area contributed by atoms with Crippen LogP contribution in [0.4, 0.5) is 10.5 Å². The smallest absolute Gasteiger partial charge is 0.329 e. The van der Waals surface area contributed by atoms with E-state index in [0.29, 0.717) is 13.0 Å². The molecule has 1 aromatic carbocycles. The second kappa shape index (κ2) is 5.15. The van der Waals surface area contributed by atoms with Crippen molar-refractivity contribution in [3.05, 3.63) is 29.8 Å². The number of aliphatic carboxylic acids is 1. The van der Waals surface area contributed by atoms with Crippen LogP contribution in [0.5, 0.6) is 0 Å². The van der Waals surface area contributed by atoms with Crippen molar-refractivity contribution in [1.82, 2.24) is 4.90 Å². The lowest BCUT2D eigenvalue weighted by Gasteiger charge is -2.34. The first-order valence-electron chi connectivity index (χ1n) is 6.71. The van der Waals surface area contributed by atoms with Crippen molar-refractivity contribution in [1.29, 1.82) is 0 Å². The van der Waals surface area contributed by atoms with E-state index in [0.717, 1.165) is 17.7 Å². The molecule has 1 saturated heterocycles. The number of amides is 2. The molecular weight excluding hydrogens is 256 g/mol. The zero-order valence-electron chi connectivity index (χ0n) is 12.1. The topological polar surface area (TPSA) is 60.9 Å². The van der Waals surface area contributed by atoms with Gasteiger partial charge in [0.2, 0.25) is 0 Å². The fourth-order valence-electron chi connectivity index (χ4n) is 2.62. The van der Waals surface area contributed by atoms with Gasteiger partial charge in [0.25, 0.3) is 0 Å². The Balaban J connectivity index is 2.25. The van der Waals surface area contributed by atoms with Gasteiger partial charge in [-0.1, -0.05) is 12.1 Å². The maximum atomic E-state index is 12.6. The first-order valence-corrected chi connectivity index (χ1v) is 6.71. The maximum Gasteiger partial charge on any atom is 0.329 e. The molecule has 0 aromatic heterocycles. The van der Waals surface area contributed by atoms with Crippen LogP contribution in [0.3, 0.4) is 0 Å². The van der Waals surface area contributed by atoms with E-state index in [1.165, 1.54) is 9.80 Å². The molecule has 0 saturated carbocycles. The largest absolute Gasteiger partial charge is 0.480 e. The Bertz CT molecular complexity index is 544. The van der Waals surface area contributed by atoms with Crippen molar-refractivity contribution in [3.63, 3.8) is 0 Å². The lowest BCUT2D eigenvalue weighted by Crippen LogP contribution is -2.54. The van der Waals surface area contributed by atoms with Crippen molar-refractivity contribution in [2.75, 3.05) is 18.5 Å². The van der Waals surface area contributed by atoms with Crippen molar-refractivity contribution in [2.45, 2.75) is 32.2 Å². The number of hydrogen-bond donors (Lipinski definition) is 1. The summed E-state index contributed by atoms with van der Waals surface area (Å²) < 4.78 is 0. The molecule has 5 nitrogen and oxygen atoms in total. The van der Waals surface area contributed by atoms with Gasteiger partial charge >= 0.3 is 12.0 Å². The average molecular weight is 276 g/mol. The number of benzene rings is 1. The molecule has 0 radical (unpaired) electrons. The average Bonchev–Trinajstić information content (AvgIpc) is 2.80. The van der Waals surface area contributed by atoms with Crippen LogP contribution in [-0.2, 0) is 4.79 Å². The lowest BCUT2D eigenvalue weighted by atomic mass is 10.00. The second-order valence-electron chi connectivity index (χ2n) is 5.51. The predicted octanol–water partition coefficient (Wildman–Crippen LogP) is 2.49. The van der Waals surface area contributed by atoms with Gasteiger partial charge in [0, 0.05) is 19.3 Å². The third-order valence-electron chi connectivity index (χ3n) is 4.01. The SMILES string of the molecule is Cc1cccc(N(C)C(=O)N2CCCC2(C)C(=O)O)c1. The Hall–Kier alpha value is -2.04. The molecule has 1 aliphatic heterocycles. The summed E-state index contributed by atoms with van der Waals surface area (Å²) >= 11 is 0. The first-order chi connectivity index (χ1) is 9.36. The molecule has 1 unspecified atom stereocenters. The highest BCUT2D eigenvalue weighted by atomic mass is 16.4. The number of carboxylic acids is 1. The molecule has 1 heterocycles. The number of urea groups is 1. The molecule has 0 spiro atoms. The van der Waals surface area contributed by atoms with Crippen LogP contribution in [0.1, 0.15) is 25.3 Å². The number of nitrogens with zero attached hydrogens (tertiary/aromatic N) is 2. The molecule has 1 fully saturated rings. The fourth-order valence-corrected chi connectivity index (χ4v) is 2.62. The van der Waals surface area contributed by atoms with Crippen LogP contribution in [0.15, 0.2) is 24.3 Å². The van der Waals surface area contributed by atoms with Gasteiger partial charge in [0.1, 0.15) is 5.54 Å². The van der Waals surface area contributed by atoms with Crippen molar-refractivity contribution < 1.29 is 14.7 Å². The number of carbonyl (C=O) groups is 2. The van der Waals surface area contributed by atoms with Crippen LogP contribution in [-0.4, -0.2) is 41.1 Å². The van der Waals surface area contributed by atoms with Gasteiger partial charge in [-0.15, -0.1) is 0 Å². The minimum Gasteiger partial charge on any atom is -0.480 e. The Kier molecular flexibility index (Phi) is 3.70. The van der Waals surface area contributed by atoms with E-state index in [2.05, 4.69) is 0 Å². The van der Waals surface area contributed by atoms with Gasteiger partial charge in [-0.2, -0.15) is 0 Å². The van der Waals surface area contributed by atoms with Crippen molar-refractivity contribution >= 4 is 17.7 Å². The minimum absolute atomic E-state index is 0.266. The molecule has 5 heteroatoms. The second-order valence-corrected chi connectivity index (χ2v) is 5.51. The van der Waals surface area contributed by atoms with Crippen LogP contribution in [0.25, 0.3) is 0 Å². The Morgan fingerprint density at radius 3 is 2.70 bits per heavy atom. The Morgan fingerprint density at radius 1 is 1.40 bits per heavy atom. The highest BCUT2D eigenvalue weighted by molar-refractivity contribution is 5.95. The molecule has 0 aliphatic carbocycles. The van der Waals surface area contributed by atoms with Gasteiger partial charge in [0.15, 0.2) is 0 Å². The van der Waals surface area contributed by atoms with E-state index < -0.39 is 11.5 Å². The summed E-state index contributed by atoms with van der Waals surface area (Å²) in [6, 6.07) is 7.33. The third kappa shape index (κ3) is 2.35. The zero-order valence-corrected chi connectivity index (χ0v) is 12.1. The number of carbonyl (C=O) groups excluding carboxylic acids is 1. The zero-order chi connectivity index (χ0) is 14.9. The van der Waals surface area contributed by atoms with Gasteiger partial charge in [-0.3, -0.25) is 4.90 Å². The van der Waals surface area contributed by atoms with E-state index in [1.807, 2.05) is 31.2 Å². The standard InChI is InChI=1S/C15H20N2O3/c1-11-6-4-7-12(10-11)16(3)14(20)17-9-5-8-15(17,2)13(18)19/h4,6-7,10H,5,8-9H2,1-3H3,(H,18,19). The molecular formula is C15H20N2O3. The molecule has 1 aromatic rings. The number of anilines is 1. The molecule has 2 amide bonds. The van der Waals surface area contributed by atoms with Gasteiger partial charge in [-0.25, -0.2) is 9.59 Å². The van der Waals surface area contributed by atoms with E-state index in [-0.39, 0.29) is 6.03 Å². The normalized spacial score (nSPS) is 21.9. The van der Waals surface area contributed by atoms with E-state index in [1.54, 1.807) is 14.0 Å². The Morgan fingerprint density at radius 2 is 2.10 bits per heavy atom. The van der Waals surface area contributed by atoms with Crippen molar-refractivity contribution in [2.24, 2.45) is 0 Å². The third-order valence-corrected chi connectivity index (χ3v) is 4.01. The molecule has 108 valence electrons. The summed E-state index contributed by atoms with van der Waals surface area (Å²) in [6.07, 6.45) is 1.21. The Labute approximate surface area is 118 Å². The van der Waals surface area contributed by atoms with Crippen LogP contribution < -0.4 is 4.90 Å². The number of rotatable bonds is 2. The fraction of sp³-hybridized carbons (Fsp3) is 0.467. The van der Waals surface area contributed by atoms with Crippen molar-refractivity contribution in [3.8, 4) is 0 Å². The molecule has 2 rings (SSSR count). The number of carboxylic acid groups (broad SMARTS) is 1. The molecule has 1 N–H and O–H groups in total. The monoisotopic (exact) mass is 276 g/mol. The van der Waals surface area contributed by atoms with Gasteiger partial charge < -0.3 is 10.0 Å². The number of aryl methyl sites for hydroxylation is 1. The molecule has 0 bridgehead atoms. The predicted molar refractivity (Wildman–Crippen MR) is 77.0 cm³/mol. The summed E-state index contributed by atoms with van der Waals surface area (Å²) in [6.45, 7) is 4.06. The van der Waals surface area contributed by atoms with Gasteiger partial charge in [0.05, 0.1) is 0 Å². The molecule has 1 atom stereocenters. The van der Waals surface area contributed by atoms with Crippen LogP contribution in [0.2, 0.25) is 0 Å². The molecule has 1 aliphatic rings. The van der Waals surface area contributed by atoms with E-state index in [9.17, 15) is 14.7 Å². The first kappa shape index (κ1) is 14.4. The highest BCUT2D eigenvalue weighted by Gasteiger charge is 2.46. The summed E-state index contributed by atoms with van der Waals surface area (Å²) in [5.41, 5.74) is 0.731. The van der Waals surface area contributed by atoms with Gasteiger partial charge in [-0.05, 0) is 44.4 Å². The summed E-state index contributed by atoms with van der Waals surface area (Å²) in [5, 5.41) is 9.38. The summed E-state index contributed by atoms with van der Waals surface area (Å²) in [4.78, 5) is 27.0. The maximum absolute atomic E-state index is 12.6. The van der Waals surface area contributed by atoms with E-state index >= 15 is 0 Å². The quantitative estimate of drug-likeness (QED) is 0.902. The van der Waals surface area contributed by atoms with Crippen LogP contribution >= 0.6 is 0 Å². The lowest BCUT2D eigenvalue weighted by molar-refractivity contribution is -0.147. The molecule has 20 heavy (non-hydrogen) atoms. The minimum atomic E-state index is -1.10. The van der Waals surface area contributed by atoms with E-state index in [4.69, 9.17) is 0 Å². The van der Waals surface area contributed by atoms with Crippen LogP contribution in [0, 0.1) is 6.92 Å². The summed E-state index contributed by atoms with van der Waals surface area (Å²) in [5.74, 6) is -0.944. The number of hydrogen-bond acceptors (Lipinski definition) is 2. The highest BCUT2D eigenvalue weighted by Crippen LogP contribution is 2.31. The number of likely N-dealkylation sites (tertiary alicyclic amines) is 1.